The molecule has 3 aromatic rings. The van der Waals surface area contributed by atoms with Gasteiger partial charge in [-0.2, -0.15) is 0 Å². The van der Waals surface area contributed by atoms with Crippen LogP contribution in [0.4, 0.5) is 4.39 Å². The molecular weight excluding hydrogens is 399 g/mol. The molecule has 0 bridgehead atoms. The lowest BCUT2D eigenvalue weighted by Gasteiger charge is -2.15. The first-order valence-electron chi connectivity index (χ1n) is 8.54. The number of halogens is 1. The van der Waals surface area contributed by atoms with Gasteiger partial charge in [-0.05, 0) is 42.6 Å². The summed E-state index contributed by atoms with van der Waals surface area (Å²) in [4.78, 5) is 13.4. The van der Waals surface area contributed by atoms with E-state index in [1.807, 2.05) is 17.5 Å². The predicted molar refractivity (Wildman–Crippen MR) is 107 cm³/mol. The molecule has 0 saturated heterocycles. The highest BCUT2D eigenvalue weighted by Crippen LogP contribution is 2.18. The normalized spacial score (nSPS) is 12.5. The summed E-state index contributed by atoms with van der Waals surface area (Å²) in [5.74, 6) is -0.893. The summed E-state index contributed by atoms with van der Waals surface area (Å²) in [6.45, 7) is 1.85. The number of rotatable bonds is 7. The first-order chi connectivity index (χ1) is 13.4. The number of amides is 1. The van der Waals surface area contributed by atoms with Gasteiger partial charge in [-0.1, -0.05) is 30.3 Å². The van der Waals surface area contributed by atoms with Gasteiger partial charge >= 0.3 is 0 Å². The van der Waals surface area contributed by atoms with Crippen LogP contribution in [-0.2, 0) is 16.6 Å². The van der Waals surface area contributed by atoms with Crippen LogP contribution >= 0.6 is 11.3 Å². The second-order valence-electron chi connectivity index (χ2n) is 6.15. The van der Waals surface area contributed by atoms with Gasteiger partial charge in [0, 0.05) is 22.5 Å². The van der Waals surface area contributed by atoms with E-state index in [0.29, 0.717) is 5.56 Å². The Balaban J connectivity index is 1.73. The van der Waals surface area contributed by atoms with E-state index in [-0.39, 0.29) is 17.0 Å². The van der Waals surface area contributed by atoms with Crippen molar-refractivity contribution in [3.8, 4) is 0 Å². The number of thiophene rings is 1. The molecular formula is C20H19FN2O3S2. The first kappa shape index (κ1) is 20.2. The van der Waals surface area contributed by atoms with Gasteiger partial charge in [0.25, 0.3) is 5.91 Å². The average molecular weight is 419 g/mol. The molecule has 1 amide bonds. The third-order valence-corrected chi connectivity index (χ3v) is 6.42. The number of hydrogen-bond donors (Lipinski definition) is 2. The minimum absolute atomic E-state index is 0.00440. The highest BCUT2D eigenvalue weighted by Gasteiger charge is 2.18. The van der Waals surface area contributed by atoms with Crippen LogP contribution in [-0.4, -0.2) is 14.3 Å². The van der Waals surface area contributed by atoms with Gasteiger partial charge in [-0.3, -0.25) is 4.79 Å². The number of carbonyl (C=O) groups is 1. The molecule has 1 atom stereocenters. The fourth-order valence-corrected chi connectivity index (χ4v) is 4.44. The van der Waals surface area contributed by atoms with E-state index in [2.05, 4.69) is 10.0 Å². The third-order valence-electron chi connectivity index (χ3n) is 4.14. The highest BCUT2D eigenvalue weighted by molar-refractivity contribution is 7.89. The van der Waals surface area contributed by atoms with Gasteiger partial charge in [0.05, 0.1) is 10.9 Å². The van der Waals surface area contributed by atoms with Crippen LogP contribution in [0.2, 0.25) is 0 Å². The summed E-state index contributed by atoms with van der Waals surface area (Å²) >= 11 is 1.45. The summed E-state index contributed by atoms with van der Waals surface area (Å²) in [7, 11) is -3.76. The van der Waals surface area contributed by atoms with Crippen LogP contribution in [0.25, 0.3) is 0 Å². The van der Waals surface area contributed by atoms with Crippen LogP contribution in [0.3, 0.4) is 0 Å². The largest absolute Gasteiger partial charge is 0.345 e. The maximum absolute atomic E-state index is 13.9. The molecule has 1 heterocycles. The molecule has 8 heteroatoms. The van der Waals surface area contributed by atoms with Gasteiger partial charge in [0.2, 0.25) is 10.0 Å². The van der Waals surface area contributed by atoms with Crippen LogP contribution in [0.5, 0.6) is 0 Å². The maximum Gasteiger partial charge on any atom is 0.251 e. The Morgan fingerprint density at radius 1 is 1.11 bits per heavy atom. The van der Waals surface area contributed by atoms with E-state index in [4.69, 9.17) is 0 Å². The predicted octanol–water partition coefficient (Wildman–Crippen LogP) is 3.86. The lowest BCUT2D eigenvalue weighted by Crippen LogP contribution is -2.28. The van der Waals surface area contributed by atoms with Gasteiger partial charge in [0.15, 0.2) is 0 Å². The summed E-state index contributed by atoms with van der Waals surface area (Å²) < 4.78 is 41.4. The zero-order chi connectivity index (χ0) is 20.1. The van der Waals surface area contributed by atoms with Crippen molar-refractivity contribution < 1.29 is 17.6 Å². The molecule has 146 valence electrons. The minimum atomic E-state index is -3.76. The van der Waals surface area contributed by atoms with Crippen molar-refractivity contribution in [3.63, 3.8) is 0 Å². The number of hydrogen-bond acceptors (Lipinski definition) is 4. The van der Waals surface area contributed by atoms with E-state index < -0.39 is 27.8 Å². The van der Waals surface area contributed by atoms with Crippen molar-refractivity contribution in [1.29, 1.82) is 0 Å². The summed E-state index contributed by atoms with van der Waals surface area (Å²) in [6.07, 6.45) is 0. The molecule has 0 aliphatic rings. The molecule has 0 saturated carbocycles. The molecule has 0 spiro atoms. The van der Waals surface area contributed by atoms with Gasteiger partial charge in [0.1, 0.15) is 5.82 Å². The topological polar surface area (TPSA) is 75.3 Å². The molecule has 1 aromatic heterocycles. The van der Waals surface area contributed by atoms with Gasteiger partial charge in [-0.15, -0.1) is 11.3 Å². The van der Waals surface area contributed by atoms with E-state index in [1.54, 1.807) is 25.1 Å². The van der Waals surface area contributed by atoms with Crippen molar-refractivity contribution in [2.75, 3.05) is 0 Å². The molecule has 0 fully saturated rings. The van der Waals surface area contributed by atoms with Crippen molar-refractivity contribution in [3.05, 3.63) is 87.9 Å². The van der Waals surface area contributed by atoms with E-state index >= 15 is 0 Å². The lowest BCUT2D eigenvalue weighted by atomic mass is 10.1. The standard InChI is InChI=1S/C20H19FN2O3S2/c1-14(18-9-2-3-10-19(18)21)23-20(24)15-6-4-8-17(12-15)28(25,26)22-13-16-7-5-11-27-16/h2-12,14,22H,13H2,1H3,(H,23,24)/t14-/m1/s1. The van der Waals surface area contributed by atoms with Crippen LogP contribution < -0.4 is 10.0 Å². The number of nitrogens with one attached hydrogen (secondary N) is 2. The summed E-state index contributed by atoms with van der Waals surface area (Å²) in [5, 5.41) is 4.56. The van der Waals surface area contributed by atoms with Crippen LogP contribution in [0, 0.1) is 5.82 Å². The lowest BCUT2D eigenvalue weighted by molar-refractivity contribution is 0.0939. The Labute approximate surface area is 167 Å². The minimum Gasteiger partial charge on any atom is -0.345 e. The van der Waals surface area contributed by atoms with Gasteiger partial charge < -0.3 is 5.32 Å². The number of benzene rings is 2. The fraction of sp³-hybridized carbons (Fsp3) is 0.150. The van der Waals surface area contributed by atoms with Gasteiger partial charge in [-0.25, -0.2) is 17.5 Å². The molecule has 2 N–H and O–H groups in total. The summed E-state index contributed by atoms with van der Waals surface area (Å²) in [5.41, 5.74) is 0.541. The van der Waals surface area contributed by atoms with Crippen molar-refractivity contribution >= 4 is 27.3 Å². The molecule has 3 rings (SSSR count). The summed E-state index contributed by atoms with van der Waals surface area (Å²) in [6, 6.07) is 15.0. The van der Waals surface area contributed by atoms with E-state index in [0.717, 1.165) is 4.88 Å². The average Bonchev–Trinajstić information content (AvgIpc) is 3.20. The number of carbonyl (C=O) groups excluding carboxylic acids is 1. The SMILES string of the molecule is C[C@@H](NC(=O)c1cccc(S(=O)(=O)NCc2cccs2)c1)c1ccccc1F. The maximum atomic E-state index is 13.9. The zero-order valence-electron chi connectivity index (χ0n) is 15.1. The molecule has 0 aliphatic heterocycles. The Kier molecular flexibility index (Phi) is 6.23. The molecule has 0 unspecified atom stereocenters. The van der Waals surface area contributed by atoms with Crippen molar-refractivity contribution in [2.24, 2.45) is 0 Å². The second-order valence-corrected chi connectivity index (χ2v) is 8.95. The molecule has 2 aromatic carbocycles. The Hall–Kier alpha value is -2.55. The van der Waals surface area contributed by atoms with E-state index in [1.165, 1.54) is 41.7 Å². The van der Waals surface area contributed by atoms with Crippen LogP contribution in [0.1, 0.15) is 33.8 Å². The quantitative estimate of drug-likeness (QED) is 0.612. The Morgan fingerprint density at radius 2 is 1.89 bits per heavy atom. The molecule has 5 nitrogen and oxygen atoms in total. The van der Waals surface area contributed by atoms with E-state index in [9.17, 15) is 17.6 Å². The zero-order valence-corrected chi connectivity index (χ0v) is 16.7. The third kappa shape index (κ3) is 4.83. The van der Waals surface area contributed by atoms with Crippen LogP contribution in [0.15, 0.2) is 70.9 Å². The molecule has 0 radical (unpaired) electrons. The Bertz CT molecular complexity index is 1070. The number of sulfonamides is 1. The van der Waals surface area contributed by atoms with Crippen molar-refractivity contribution in [2.45, 2.75) is 24.4 Å². The molecule has 28 heavy (non-hydrogen) atoms. The smallest absolute Gasteiger partial charge is 0.251 e. The molecule has 0 aliphatic carbocycles. The monoisotopic (exact) mass is 418 g/mol. The fourth-order valence-electron chi connectivity index (χ4n) is 2.65. The van der Waals surface area contributed by atoms with Crippen molar-refractivity contribution in [1.82, 2.24) is 10.0 Å². The highest BCUT2D eigenvalue weighted by atomic mass is 32.2. The Morgan fingerprint density at radius 3 is 2.61 bits per heavy atom. The first-order valence-corrected chi connectivity index (χ1v) is 10.9. The second kappa shape index (κ2) is 8.64.